The Morgan fingerprint density at radius 2 is 2.19 bits per heavy atom. The molecule has 2 N–H and O–H groups in total. The molecule has 0 unspecified atom stereocenters. The molecule has 88 valence electrons. The van der Waals surface area contributed by atoms with Gasteiger partial charge in [-0.3, -0.25) is 10.1 Å². The molecule has 0 aliphatic carbocycles. The summed E-state index contributed by atoms with van der Waals surface area (Å²) in [6.07, 6.45) is 0. The molecule has 3 nitrogen and oxygen atoms in total. The lowest BCUT2D eigenvalue weighted by Crippen LogP contribution is -2.46. The van der Waals surface area contributed by atoms with Gasteiger partial charge in [0.15, 0.2) is 0 Å². The topological polar surface area (TPSA) is 49.3 Å². The van der Waals surface area contributed by atoms with Crippen LogP contribution in [-0.2, 0) is 11.3 Å². The Hall–Kier alpha value is -1.13. The van der Waals surface area contributed by atoms with Crippen LogP contribution in [0.5, 0.6) is 0 Å². The summed E-state index contributed by atoms with van der Waals surface area (Å²) in [5, 5.41) is 11.7. The molecule has 1 rings (SSSR count). The Bertz CT molecular complexity index is 407. The van der Waals surface area contributed by atoms with Crippen LogP contribution in [0.2, 0.25) is 5.02 Å². The number of nitrogens with one attached hydrogen (secondary N) is 1. The highest BCUT2D eigenvalue weighted by atomic mass is 35.5. The van der Waals surface area contributed by atoms with Crippen molar-refractivity contribution in [2.45, 2.75) is 25.9 Å². The summed E-state index contributed by atoms with van der Waals surface area (Å²) in [6, 6.07) is 4.29. The number of carboxylic acid groups (broad SMARTS) is 1. The first-order valence-electron chi connectivity index (χ1n) is 4.75. The molecule has 0 aliphatic rings. The van der Waals surface area contributed by atoms with Gasteiger partial charge in [0.2, 0.25) is 0 Å². The highest BCUT2D eigenvalue weighted by Gasteiger charge is 2.25. The maximum Gasteiger partial charge on any atom is 0.323 e. The molecule has 0 saturated carbocycles. The predicted molar refractivity (Wildman–Crippen MR) is 60.0 cm³/mol. The molecule has 0 aromatic heterocycles. The molecule has 0 heterocycles. The second-order valence-corrected chi connectivity index (χ2v) is 4.44. The Kier molecular flexibility index (Phi) is 3.88. The van der Waals surface area contributed by atoms with Crippen molar-refractivity contribution in [2.75, 3.05) is 0 Å². The Balaban J connectivity index is 2.68. The summed E-state index contributed by atoms with van der Waals surface area (Å²) in [4.78, 5) is 10.8. The van der Waals surface area contributed by atoms with Gasteiger partial charge in [-0.15, -0.1) is 0 Å². The minimum Gasteiger partial charge on any atom is -0.480 e. The molecule has 1 aromatic carbocycles. The van der Waals surface area contributed by atoms with Crippen molar-refractivity contribution in [3.8, 4) is 0 Å². The number of halogens is 2. The van der Waals surface area contributed by atoms with Gasteiger partial charge in [-0.1, -0.05) is 17.7 Å². The van der Waals surface area contributed by atoms with Crippen LogP contribution in [0.3, 0.4) is 0 Å². The van der Waals surface area contributed by atoms with Gasteiger partial charge in [-0.2, -0.15) is 0 Å². The maximum atomic E-state index is 12.9. The van der Waals surface area contributed by atoms with Gasteiger partial charge < -0.3 is 5.11 Å². The number of hydrogen-bond donors (Lipinski definition) is 2. The van der Waals surface area contributed by atoms with Crippen molar-refractivity contribution in [1.29, 1.82) is 0 Å². The van der Waals surface area contributed by atoms with Crippen molar-refractivity contribution in [3.05, 3.63) is 34.6 Å². The third-order valence-corrected chi connectivity index (χ3v) is 2.54. The minimum atomic E-state index is -1.03. The molecule has 0 saturated heterocycles. The molecule has 0 fully saturated rings. The zero-order valence-electron chi connectivity index (χ0n) is 9.05. The van der Waals surface area contributed by atoms with E-state index >= 15 is 0 Å². The van der Waals surface area contributed by atoms with Crippen LogP contribution in [0, 0.1) is 5.82 Å². The molecular weight excluding hydrogens is 233 g/mol. The largest absolute Gasteiger partial charge is 0.480 e. The van der Waals surface area contributed by atoms with E-state index in [2.05, 4.69) is 5.32 Å². The van der Waals surface area contributed by atoms with E-state index in [1.54, 1.807) is 19.9 Å². The molecule has 0 aliphatic heterocycles. The highest BCUT2D eigenvalue weighted by molar-refractivity contribution is 6.30. The normalized spacial score (nSPS) is 11.5. The monoisotopic (exact) mass is 245 g/mol. The molecule has 0 atom stereocenters. The van der Waals surface area contributed by atoms with E-state index in [0.29, 0.717) is 6.54 Å². The quantitative estimate of drug-likeness (QED) is 0.857. The predicted octanol–water partition coefficient (Wildman–Crippen LogP) is 2.43. The van der Waals surface area contributed by atoms with Gasteiger partial charge in [-0.05, 0) is 31.5 Å². The highest BCUT2D eigenvalue weighted by Crippen LogP contribution is 2.16. The standard InChI is InChI=1S/C11H13ClFNO2/c1-11(2,10(15)16)14-6-7-3-4-9(13)8(12)5-7/h3-5,14H,6H2,1-2H3,(H,15,16). The van der Waals surface area contributed by atoms with Crippen LogP contribution >= 0.6 is 11.6 Å². The van der Waals surface area contributed by atoms with Crippen LogP contribution in [0.15, 0.2) is 18.2 Å². The second kappa shape index (κ2) is 4.80. The zero-order valence-corrected chi connectivity index (χ0v) is 9.81. The van der Waals surface area contributed by atoms with Gasteiger partial charge in [0, 0.05) is 6.54 Å². The molecule has 0 radical (unpaired) electrons. The lowest BCUT2D eigenvalue weighted by Gasteiger charge is -2.21. The van der Waals surface area contributed by atoms with E-state index in [1.807, 2.05) is 0 Å². The number of carboxylic acids is 1. The number of hydrogen-bond acceptors (Lipinski definition) is 2. The Morgan fingerprint density at radius 1 is 1.56 bits per heavy atom. The van der Waals surface area contributed by atoms with Gasteiger partial charge in [0.25, 0.3) is 0 Å². The molecular formula is C11H13ClFNO2. The number of carbonyl (C=O) groups is 1. The SMILES string of the molecule is CC(C)(NCc1ccc(F)c(Cl)c1)C(=O)O. The van der Waals surface area contributed by atoms with Crippen LogP contribution in [-0.4, -0.2) is 16.6 Å². The van der Waals surface area contributed by atoms with Crippen molar-refractivity contribution < 1.29 is 14.3 Å². The van der Waals surface area contributed by atoms with Gasteiger partial charge in [-0.25, -0.2) is 4.39 Å². The van der Waals surface area contributed by atoms with Crippen molar-refractivity contribution >= 4 is 17.6 Å². The molecule has 0 bridgehead atoms. The zero-order chi connectivity index (χ0) is 12.3. The van der Waals surface area contributed by atoms with E-state index in [4.69, 9.17) is 16.7 Å². The Labute approximate surface area is 98.2 Å². The van der Waals surface area contributed by atoms with Gasteiger partial charge in [0.05, 0.1) is 5.02 Å². The molecule has 5 heteroatoms. The maximum absolute atomic E-state index is 12.9. The van der Waals surface area contributed by atoms with E-state index in [-0.39, 0.29) is 5.02 Å². The molecule has 1 aromatic rings. The second-order valence-electron chi connectivity index (χ2n) is 4.03. The van der Waals surface area contributed by atoms with Crippen LogP contribution < -0.4 is 5.32 Å². The third-order valence-electron chi connectivity index (χ3n) is 2.25. The average molecular weight is 246 g/mol. The summed E-state index contributed by atoms with van der Waals surface area (Å²) >= 11 is 5.61. The van der Waals surface area contributed by atoms with Gasteiger partial charge >= 0.3 is 5.97 Å². The van der Waals surface area contributed by atoms with E-state index in [9.17, 15) is 9.18 Å². The van der Waals surface area contributed by atoms with Crippen LogP contribution in [0.4, 0.5) is 4.39 Å². The molecule has 0 amide bonds. The smallest absolute Gasteiger partial charge is 0.323 e. The van der Waals surface area contributed by atoms with Crippen LogP contribution in [0.1, 0.15) is 19.4 Å². The fraction of sp³-hybridized carbons (Fsp3) is 0.364. The summed E-state index contributed by atoms with van der Waals surface area (Å²) < 4.78 is 12.9. The number of benzene rings is 1. The van der Waals surface area contributed by atoms with E-state index in [0.717, 1.165) is 5.56 Å². The van der Waals surface area contributed by atoms with Gasteiger partial charge in [0.1, 0.15) is 11.4 Å². The fourth-order valence-corrected chi connectivity index (χ4v) is 1.25. The van der Waals surface area contributed by atoms with Crippen molar-refractivity contribution in [3.63, 3.8) is 0 Å². The Morgan fingerprint density at radius 3 is 2.69 bits per heavy atom. The summed E-state index contributed by atoms with van der Waals surface area (Å²) in [6.45, 7) is 3.43. The lowest BCUT2D eigenvalue weighted by atomic mass is 10.1. The first kappa shape index (κ1) is 12.9. The average Bonchev–Trinajstić information content (AvgIpc) is 2.20. The minimum absolute atomic E-state index is 0.0347. The number of aliphatic carboxylic acids is 1. The summed E-state index contributed by atoms with van der Waals surface area (Å²) in [7, 11) is 0. The lowest BCUT2D eigenvalue weighted by molar-refractivity contribution is -0.143. The van der Waals surface area contributed by atoms with Crippen molar-refractivity contribution in [1.82, 2.24) is 5.32 Å². The van der Waals surface area contributed by atoms with E-state index in [1.165, 1.54) is 12.1 Å². The first-order valence-corrected chi connectivity index (χ1v) is 5.13. The molecule has 0 spiro atoms. The first-order chi connectivity index (χ1) is 7.33. The van der Waals surface area contributed by atoms with Crippen molar-refractivity contribution in [2.24, 2.45) is 0 Å². The number of rotatable bonds is 4. The summed E-state index contributed by atoms with van der Waals surface area (Å²) in [5.41, 5.74) is -0.290. The molecule has 16 heavy (non-hydrogen) atoms. The third kappa shape index (κ3) is 3.18. The summed E-state index contributed by atoms with van der Waals surface area (Å²) in [5.74, 6) is -1.43. The van der Waals surface area contributed by atoms with E-state index < -0.39 is 17.3 Å². The van der Waals surface area contributed by atoms with Crippen LogP contribution in [0.25, 0.3) is 0 Å². The fourth-order valence-electron chi connectivity index (χ4n) is 1.05.